The van der Waals surface area contributed by atoms with Crippen LogP contribution in [0.5, 0.6) is 0 Å². The van der Waals surface area contributed by atoms with Gasteiger partial charge in [0.05, 0.1) is 35.1 Å². The molecular formula is C40H44N6O5. The number of aromatic nitrogens is 4. The van der Waals surface area contributed by atoms with Crippen LogP contribution in [0.2, 0.25) is 0 Å². The summed E-state index contributed by atoms with van der Waals surface area (Å²) >= 11 is 0. The minimum Gasteiger partial charge on any atom is -0.444 e. The van der Waals surface area contributed by atoms with Crippen molar-refractivity contribution in [3.8, 4) is 23.1 Å². The van der Waals surface area contributed by atoms with Crippen LogP contribution >= 0.6 is 0 Å². The SMILES string of the molecule is CC(C)(C)OC(=O)N1CC[C@@H](O)[C@H]1c1ncc(-c2ccc3cc(C#Cc4ccc5nc([C@@H]6CCCN6C(=O)OC(C)(C)C)[nH]c5c4)ccc3c2)[nH]1. The molecule has 0 saturated carbocycles. The second-order valence-corrected chi connectivity index (χ2v) is 15.4. The maximum atomic E-state index is 12.9. The van der Waals surface area contributed by atoms with Gasteiger partial charge in [-0.2, -0.15) is 0 Å². The molecule has 0 spiro atoms. The van der Waals surface area contributed by atoms with Gasteiger partial charge in [0.2, 0.25) is 0 Å². The molecule has 264 valence electrons. The Kier molecular flexibility index (Phi) is 8.76. The van der Waals surface area contributed by atoms with Crippen molar-refractivity contribution in [1.29, 1.82) is 0 Å². The van der Waals surface area contributed by atoms with Crippen molar-refractivity contribution in [2.75, 3.05) is 13.1 Å². The number of amides is 2. The Bertz CT molecular complexity index is 2180. The molecule has 2 aromatic heterocycles. The first kappa shape index (κ1) is 34.1. The molecule has 0 radical (unpaired) electrons. The van der Waals surface area contributed by atoms with Gasteiger partial charge in [-0.1, -0.05) is 30.0 Å². The maximum absolute atomic E-state index is 12.9. The van der Waals surface area contributed by atoms with Crippen molar-refractivity contribution in [3.63, 3.8) is 0 Å². The first-order chi connectivity index (χ1) is 24.2. The second kappa shape index (κ2) is 13.1. The molecule has 0 aliphatic carbocycles. The first-order valence-electron chi connectivity index (χ1n) is 17.5. The predicted molar refractivity (Wildman–Crippen MR) is 195 cm³/mol. The van der Waals surface area contributed by atoms with E-state index in [4.69, 9.17) is 14.5 Å². The zero-order valence-electron chi connectivity index (χ0n) is 29.9. The fraction of sp³-hybridized carbons (Fsp3) is 0.400. The molecule has 0 unspecified atom stereocenters. The van der Waals surface area contributed by atoms with E-state index in [1.165, 1.54) is 0 Å². The van der Waals surface area contributed by atoms with Crippen LogP contribution in [0.1, 0.15) is 95.7 Å². The Morgan fingerprint density at radius 1 is 0.804 bits per heavy atom. The van der Waals surface area contributed by atoms with E-state index in [1.54, 1.807) is 16.0 Å². The number of hydrogen-bond acceptors (Lipinski definition) is 7. The van der Waals surface area contributed by atoms with Crippen LogP contribution in [0.4, 0.5) is 9.59 Å². The molecule has 5 aromatic rings. The maximum Gasteiger partial charge on any atom is 0.411 e. The van der Waals surface area contributed by atoms with Gasteiger partial charge >= 0.3 is 12.2 Å². The number of imidazole rings is 2. The molecule has 3 aromatic carbocycles. The third kappa shape index (κ3) is 7.42. The van der Waals surface area contributed by atoms with Gasteiger partial charge in [-0.25, -0.2) is 19.6 Å². The summed E-state index contributed by atoms with van der Waals surface area (Å²) in [5.41, 5.74) is 4.00. The fourth-order valence-corrected chi connectivity index (χ4v) is 6.76. The number of carbonyl (C=O) groups excluding carboxylic acids is 2. The topological polar surface area (TPSA) is 137 Å². The molecule has 2 amide bonds. The monoisotopic (exact) mass is 688 g/mol. The summed E-state index contributed by atoms with van der Waals surface area (Å²) < 4.78 is 11.2. The molecule has 3 N–H and O–H groups in total. The van der Waals surface area contributed by atoms with E-state index in [0.29, 0.717) is 25.3 Å². The van der Waals surface area contributed by atoms with Crippen LogP contribution in [0.3, 0.4) is 0 Å². The van der Waals surface area contributed by atoms with Gasteiger partial charge in [-0.3, -0.25) is 9.80 Å². The third-order valence-corrected chi connectivity index (χ3v) is 9.07. The molecule has 2 fully saturated rings. The van der Waals surface area contributed by atoms with Crippen molar-refractivity contribution in [1.82, 2.24) is 29.7 Å². The number of nitrogens with zero attached hydrogens (tertiary/aromatic N) is 4. The predicted octanol–water partition coefficient (Wildman–Crippen LogP) is 7.62. The average molecular weight is 689 g/mol. The lowest BCUT2D eigenvalue weighted by atomic mass is 10.0. The summed E-state index contributed by atoms with van der Waals surface area (Å²) in [6, 6.07) is 17.4. The number of aromatic amines is 2. The molecule has 11 heteroatoms. The normalized spacial score (nSPS) is 19.4. The van der Waals surface area contributed by atoms with E-state index in [-0.39, 0.29) is 12.1 Å². The first-order valence-corrected chi connectivity index (χ1v) is 17.5. The van der Waals surface area contributed by atoms with Gasteiger partial charge < -0.3 is 24.5 Å². The third-order valence-electron chi connectivity index (χ3n) is 9.07. The van der Waals surface area contributed by atoms with Gasteiger partial charge in [-0.05, 0) is 108 Å². The lowest BCUT2D eigenvalue weighted by Gasteiger charge is -2.28. The van der Waals surface area contributed by atoms with Crippen LogP contribution in [0.25, 0.3) is 33.1 Å². The lowest BCUT2D eigenvalue weighted by molar-refractivity contribution is 0.0141. The van der Waals surface area contributed by atoms with Crippen molar-refractivity contribution < 1.29 is 24.2 Å². The molecule has 2 saturated heterocycles. The summed E-state index contributed by atoms with van der Waals surface area (Å²) in [7, 11) is 0. The molecule has 7 rings (SSSR count). The standard InChI is InChI=1S/C40H44N6O5/c1-39(2,3)50-37(48)45-18-7-8-32(45)35-42-29-16-12-25(21-30(29)43-35)10-9-24-11-13-27-22-28(15-14-26(27)20-24)31-23-41-36(44-31)34-33(47)17-19-46(34)38(49)51-40(4,5)6/h11-16,20-23,32-34,47H,7-8,17-19H2,1-6H3,(H,41,44)(H,42,43)/t32-,33+,34-/m0/s1. The number of rotatable bonds is 3. The fourth-order valence-electron chi connectivity index (χ4n) is 6.76. The molecule has 2 aliphatic heterocycles. The Balaban J connectivity index is 1.06. The zero-order valence-corrected chi connectivity index (χ0v) is 29.9. The molecule has 2 aliphatic rings. The van der Waals surface area contributed by atoms with E-state index < -0.39 is 29.4 Å². The molecule has 4 heterocycles. The van der Waals surface area contributed by atoms with E-state index in [1.807, 2.05) is 77.9 Å². The second-order valence-electron chi connectivity index (χ2n) is 15.4. The molecule has 3 atom stereocenters. The number of aliphatic hydroxyl groups is 1. The van der Waals surface area contributed by atoms with Gasteiger partial charge in [-0.15, -0.1) is 0 Å². The smallest absolute Gasteiger partial charge is 0.411 e. The summed E-state index contributed by atoms with van der Waals surface area (Å²) in [6.45, 7) is 12.1. The number of aliphatic hydroxyl groups excluding tert-OH is 1. The van der Waals surface area contributed by atoms with Crippen LogP contribution in [0.15, 0.2) is 60.8 Å². The number of ether oxygens (including phenoxy) is 2. The van der Waals surface area contributed by atoms with Crippen LogP contribution < -0.4 is 0 Å². The number of H-pyrrole nitrogens is 2. The number of likely N-dealkylation sites (tertiary alicyclic amines) is 2. The number of nitrogens with one attached hydrogen (secondary N) is 2. The van der Waals surface area contributed by atoms with E-state index >= 15 is 0 Å². The highest BCUT2D eigenvalue weighted by atomic mass is 16.6. The van der Waals surface area contributed by atoms with Gasteiger partial charge in [0, 0.05) is 29.8 Å². The summed E-state index contributed by atoms with van der Waals surface area (Å²) in [6.07, 6.45) is 2.41. The molecule has 0 bridgehead atoms. The van der Waals surface area contributed by atoms with Gasteiger partial charge in [0.1, 0.15) is 28.9 Å². The summed E-state index contributed by atoms with van der Waals surface area (Å²) in [5.74, 6) is 7.88. The number of hydrogen-bond donors (Lipinski definition) is 3. The van der Waals surface area contributed by atoms with Crippen LogP contribution in [-0.2, 0) is 9.47 Å². The highest BCUT2D eigenvalue weighted by molar-refractivity contribution is 5.88. The van der Waals surface area contributed by atoms with Crippen LogP contribution in [0, 0.1) is 11.8 Å². The van der Waals surface area contributed by atoms with Crippen molar-refractivity contribution in [3.05, 3.63) is 83.6 Å². The van der Waals surface area contributed by atoms with Crippen molar-refractivity contribution >= 4 is 34.0 Å². The van der Waals surface area contributed by atoms with Crippen molar-refractivity contribution in [2.24, 2.45) is 0 Å². The van der Waals surface area contributed by atoms with Crippen LogP contribution in [-0.4, -0.2) is 77.4 Å². The molecule has 11 nitrogen and oxygen atoms in total. The Morgan fingerprint density at radius 3 is 2.22 bits per heavy atom. The quantitative estimate of drug-likeness (QED) is 0.166. The van der Waals surface area contributed by atoms with Gasteiger partial charge in [0.15, 0.2) is 0 Å². The Labute approximate surface area is 297 Å². The van der Waals surface area contributed by atoms with Gasteiger partial charge in [0.25, 0.3) is 0 Å². The number of benzene rings is 3. The highest BCUT2D eigenvalue weighted by Gasteiger charge is 2.41. The Hall–Kier alpha value is -5.34. The minimum atomic E-state index is -0.736. The molecule has 51 heavy (non-hydrogen) atoms. The minimum absolute atomic E-state index is 0.148. The average Bonchev–Trinajstić information content (AvgIpc) is 3.87. The number of carbonyl (C=O) groups is 2. The molecular weight excluding hydrogens is 644 g/mol. The summed E-state index contributed by atoms with van der Waals surface area (Å²) in [5, 5.41) is 12.8. The number of fused-ring (bicyclic) bond motifs is 2. The van der Waals surface area contributed by atoms with Crippen molar-refractivity contribution in [2.45, 2.75) is 90.2 Å². The largest absolute Gasteiger partial charge is 0.444 e. The van der Waals surface area contributed by atoms with E-state index in [2.05, 4.69) is 45.0 Å². The zero-order chi connectivity index (χ0) is 36.1. The van der Waals surface area contributed by atoms with E-state index in [9.17, 15) is 14.7 Å². The summed E-state index contributed by atoms with van der Waals surface area (Å²) in [4.78, 5) is 45.1. The lowest BCUT2D eigenvalue weighted by Crippen LogP contribution is -2.38. The van der Waals surface area contributed by atoms with E-state index in [0.717, 1.165) is 62.9 Å². The highest BCUT2D eigenvalue weighted by Crippen LogP contribution is 2.35. The Morgan fingerprint density at radius 2 is 1.47 bits per heavy atom.